The molecule has 1 aliphatic carbocycles. The molecule has 0 radical (unpaired) electrons. The Kier molecular flexibility index (Phi) is 6.71. The number of halogens is 1. The van der Waals surface area contributed by atoms with Gasteiger partial charge in [-0.3, -0.25) is 9.59 Å². The standard InChI is InChI=1S/C21H25FN8O3/c1-14(31)26-21(10-4-2-3-5-11-21)20-25-19(33-27-20)9-8-18(32)24-17-12-15(6-7-16(17)22)30-13-23-28-29-30/h6-7,12-13H,2-5,8-11H2,1H3,(H,24,32)(H,26,31). The van der Waals surface area contributed by atoms with Gasteiger partial charge in [0, 0.05) is 19.8 Å². The smallest absolute Gasteiger partial charge is 0.227 e. The maximum atomic E-state index is 14.2. The number of carbonyl (C=O) groups excluding carboxylic acids is 2. The van der Waals surface area contributed by atoms with Crippen LogP contribution in [-0.4, -0.2) is 42.2 Å². The molecule has 1 saturated carbocycles. The number of aromatic nitrogens is 6. The summed E-state index contributed by atoms with van der Waals surface area (Å²) in [6, 6.07) is 4.17. The Morgan fingerprint density at radius 2 is 2.00 bits per heavy atom. The highest BCUT2D eigenvalue weighted by atomic mass is 19.1. The van der Waals surface area contributed by atoms with Crippen LogP contribution in [0.15, 0.2) is 29.0 Å². The minimum absolute atomic E-state index is 0.0160. The molecule has 0 bridgehead atoms. The van der Waals surface area contributed by atoms with Crippen LogP contribution in [0.4, 0.5) is 10.1 Å². The van der Waals surface area contributed by atoms with Gasteiger partial charge in [0.1, 0.15) is 17.7 Å². The molecule has 2 N–H and O–H groups in total. The lowest BCUT2D eigenvalue weighted by Crippen LogP contribution is -2.45. The molecule has 2 heterocycles. The lowest BCUT2D eigenvalue weighted by Gasteiger charge is -2.30. The van der Waals surface area contributed by atoms with Crippen LogP contribution < -0.4 is 10.6 Å². The van der Waals surface area contributed by atoms with Gasteiger partial charge in [-0.15, -0.1) is 5.10 Å². The van der Waals surface area contributed by atoms with E-state index in [0.717, 1.165) is 38.5 Å². The minimum Gasteiger partial charge on any atom is -0.343 e. The Morgan fingerprint density at radius 3 is 2.70 bits per heavy atom. The third-order valence-electron chi connectivity index (χ3n) is 5.67. The monoisotopic (exact) mass is 456 g/mol. The molecule has 0 unspecified atom stereocenters. The number of aryl methyl sites for hydroxylation is 1. The summed E-state index contributed by atoms with van der Waals surface area (Å²) in [7, 11) is 0. The van der Waals surface area contributed by atoms with E-state index in [-0.39, 0.29) is 30.3 Å². The zero-order valence-corrected chi connectivity index (χ0v) is 18.3. The van der Waals surface area contributed by atoms with Crippen molar-refractivity contribution >= 4 is 17.5 Å². The van der Waals surface area contributed by atoms with Crippen molar-refractivity contribution in [1.29, 1.82) is 0 Å². The van der Waals surface area contributed by atoms with Crippen LogP contribution in [0.5, 0.6) is 0 Å². The van der Waals surface area contributed by atoms with Crippen LogP contribution in [-0.2, 0) is 21.5 Å². The van der Waals surface area contributed by atoms with Crippen molar-refractivity contribution in [3.8, 4) is 5.69 Å². The van der Waals surface area contributed by atoms with E-state index in [1.54, 1.807) is 0 Å². The van der Waals surface area contributed by atoms with Crippen molar-refractivity contribution in [3.05, 3.63) is 42.1 Å². The molecule has 174 valence electrons. The van der Waals surface area contributed by atoms with Gasteiger partial charge in [-0.05, 0) is 41.5 Å². The Morgan fingerprint density at radius 1 is 1.21 bits per heavy atom. The van der Waals surface area contributed by atoms with Gasteiger partial charge in [-0.25, -0.2) is 9.07 Å². The van der Waals surface area contributed by atoms with Crippen molar-refractivity contribution in [2.24, 2.45) is 0 Å². The normalized spacial score (nSPS) is 15.6. The van der Waals surface area contributed by atoms with E-state index >= 15 is 0 Å². The molecule has 11 nitrogen and oxygen atoms in total. The molecular weight excluding hydrogens is 431 g/mol. The number of amides is 2. The molecule has 1 fully saturated rings. The summed E-state index contributed by atoms with van der Waals surface area (Å²) < 4.78 is 20.9. The highest BCUT2D eigenvalue weighted by Gasteiger charge is 2.38. The minimum atomic E-state index is -0.647. The predicted molar refractivity (Wildman–Crippen MR) is 114 cm³/mol. The summed E-state index contributed by atoms with van der Waals surface area (Å²) in [6.45, 7) is 1.48. The molecular formula is C21H25FN8O3. The van der Waals surface area contributed by atoms with Gasteiger partial charge < -0.3 is 15.2 Å². The second kappa shape index (κ2) is 9.84. The van der Waals surface area contributed by atoms with Crippen molar-refractivity contribution in [2.75, 3.05) is 5.32 Å². The third kappa shape index (κ3) is 5.38. The number of rotatable bonds is 7. The topological polar surface area (TPSA) is 141 Å². The van der Waals surface area contributed by atoms with E-state index in [9.17, 15) is 14.0 Å². The Balaban J connectivity index is 1.40. The first-order valence-electron chi connectivity index (χ1n) is 10.9. The molecule has 12 heteroatoms. The fourth-order valence-corrected chi connectivity index (χ4v) is 4.09. The highest BCUT2D eigenvalue weighted by molar-refractivity contribution is 5.91. The first-order valence-corrected chi connectivity index (χ1v) is 10.9. The second-order valence-corrected chi connectivity index (χ2v) is 8.16. The Labute approximate surface area is 189 Å². The molecule has 2 amide bonds. The molecule has 0 aliphatic heterocycles. The van der Waals surface area contributed by atoms with Crippen LogP contribution in [0.25, 0.3) is 5.69 Å². The number of benzene rings is 1. The molecule has 1 aromatic carbocycles. The maximum absolute atomic E-state index is 14.2. The highest BCUT2D eigenvalue weighted by Crippen LogP contribution is 2.34. The van der Waals surface area contributed by atoms with Crippen molar-refractivity contribution in [3.63, 3.8) is 0 Å². The molecule has 0 saturated heterocycles. The molecule has 3 aromatic rings. The fraction of sp³-hybridized carbons (Fsp3) is 0.476. The van der Waals surface area contributed by atoms with Crippen molar-refractivity contribution in [1.82, 2.24) is 35.7 Å². The summed E-state index contributed by atoms with van der Waals surface area (Å²) in [5, 5.41) is 20.5. The summed E-state index contributed by atoms with van der Waals surface area (Å²) >= 11 is 0. The summed E-state index contributed by atoms with van der Waals surface area (Å²) in [6.07, 6.45) is 7.16. The molecule has 33 heavy (non-hydrogen) atoms. The quantitative estimate of drug-likeness (QED) is 0.517. The molecule has 0 spiro atoms. The van der Waals surface area contributed by atoms with E-state index in [0.29, 0.717) is 11.5 Å². The average molecular weight is 456 g/mol. The SMILES string of the molecule is CC(=O)NC1(c2noc(CCC(=O)Nc3cc(-n4cnnn4)ccc3F)n2)CCCCCC1. The lowest BCUT2D eigenvalue weighted by atomic mass is 9.89. The van der Waals surface area contributed by atoms with E-state index < -0.39 is 17.3 Å². The van der Waals surface area contributed by atoms with Gasteiger partial charge in [0.15, 0.2) is 5.82 Å². The number of hydrogen-bond donors (Lipinski definition) is 2. The van der Waals surface area contributed by atoms with Crippen LogP contribution >= 0.6 is 0 Å². The predicted octanol–water partition coefficient (Wildman–Crippen LogP) is 2.44. The van der Waals surface area contributed by atoms with E-state index in [4.69, 9.17) is 4.52 Å². The Bertz CT molecular complexity index is 1110. The van der Waals surface area contributed by atoms with E-state index in [1.165, 1.54) is 36.1 Å². The van der Waals surface area contributed by atoms with Crippen LogP contribution in [0.3, 0.4) is 0 Å². The van der Waals surface area contributed by atoms with Gasteiger partial charge in [0.05, 0.1) is 11.4 Å². The molecule has 0 atom stereocenters. The average Bonchev–Trinajstić information content (AvgIpc) is 3.44. The lowest BCUT2D eigenvalue weighted by molar-refractivity contribution is -0.121. The van der Waals surface area contributed by atoms with Crippen LogP contribution in [0, 0.1) is 5.82 Å². The summed E-state index contributed by atoms with van der Waals surface area (Å²) in [5.74, 6) is -0.403. The zero-order valence-electron chi connectivity index (χ0n) is 18.3. The zero-order chi connectivity index (χ0) is 23.3. The first kappa shape index (κ1) is 22.5. The van der Waals surface area contributed by atoms with E-state index in [2.05, 4.69) is 36.3 Å². The van der Waals surface area contributed by atoms with Gasteiger partial charge in [0.2, 0.25) is 17.7 Å². The fourth-order valence-electron chi connectivity index (χ4n) is 4.09. The van der Waals surface area contributed by atoms with Crippen LogP contribution in [0.1, 0.15) is 63.6 Å². The summed E-state index contributed by atoms with van der Waals surface area (Å²) in [5.41, 5.74) is -0.126. The van der Waals surface area contributed by atoms with Crippen molar-refractivity contribution < 1.29 is 18.5 Å². The van der Waals surface area contributed by atoms with Gasteiger partial charge >= 0.3 is 0 Å². The van der Waals surface area contributed by atoms with E-state index in [1.807, 2.05) is 0 Å². The third-order valence-corrected chi connectivity index (χ3v) is 5.67. The second-order valence-electron chi connectivity index (χ2n) is 8.16. The van der Waals surface area contributed by atoms with Gasteiger partial charge in [-0.1, -0.05) is 30.8 Å². The molecule has 4 rings (SSSR count). The number of nitrogens with zero attached hydrogens (tertiary/aromatic N) is 6. The molecule has 1 aliphatic rings. The largest absolute Gasteiger partial charge is 0.343 e. The number of nitrogens with one attached hydrogen (secondary N) is 2. The molecule has 2 aromatic heterocycles. The number of anilines is 1. The maximum Gasteiger partial charge on any atom is 0.227 e. The Hall–Kier alpha value is -3.70. The number of tetrazole rings is 1. The van der Waals surface area contributed by atoms with Gasteiger partial charge in [0.25, 0.3) is 0 Å². The van der Waals surface area contributed by atoms with Crippen LogP contribution in [0.2, 0.25) is 0 Å². The first-order chi connectivity index (χ1) is 15.9. The number of hydrogen-bond acceptors (Lipinski definition) is 8. The summed E-state index contributed by atoms with van der Waals surface area (Å²) in [4.78, 5) is 28.7. The number of carbonyl (C=O) groups is 2. The van der Waals surface area contributed by atoms with Crippen molar-refractivity contribution in [2.45, 2.75) is 63.8 Å². The van der Waals surface area contributed by atoms with Gasteiger partial charge in [-0.2, -0.15) is 4.98 Å².